The molecule has 3 aromatic rings. The molecule has 0 bridgehead atoms. The first kappa shape index (κ1) is 14.4. The van der Waals surface area contributed by atoms with Gasteiger partial charge in [0.15, 0.2) is 0 Å². The highest BCUT2D eigenvalue weighted by Crippen LogP contribution is 2.29. The molecule has 0 saturated carbocycles. The first-order chi connectivity index (χ1) is 10.1. The van der Waals surface area contributed by atoms with Crippen LogP contribution in [-0.4, -0.2) is 4.98 Å². The van der Waals surface area contributed by atoms with E-state index in [0.29, 0.717) is 5.02 Å². The predicted octanol–water partition coefficient (Wildman–Crippen LogP) is 5.75. The highest BCUT2D eigenvalue weighted by Gasteiger charge is 2.11. The van der Waals surface area contributed by atoms with Gasteiger partial charge in [0.05, 0.1) is 10.5 Å². The fourth-order valence-electron chi connectivity index (χ4n) is 2.67. The van der Waals surface area contributed by atoms with Crippen molar-refractivity contribution < 1.29 is 0 Å². The van der Waals surface area contributed by atoms with Crippen molar-refractivity contribution in [1.82, 2.24) is 4.98 Å². The van der Waals surface area contributed by atoms with Crippen LogP contribution in [0, 0.1) is 13.8 Å². The molecule has 0 aliphatic carbocycles. The lowest BCUT2D eigenvalue weighted by Gasteiger charge is -2.13. The predicted molar refractivity (Wildman–Crippen MR) is 90.5 cm³/mol. The molecule has 0 unspecified atom stereocenters. The van der Waals surface area contributed by atoms with E-state index < -0.39 is 0 Å². The molecule has 21 heavy (non-hydrogen) atoms. The van der Waals surface area contributed by atoms with Gasteiger partial charge >= 0.3 is 0 Å². The van der Waals surface area contributed by atoms with Crippen molar-refractivity contribution in [2.45, 2.75) is 20.3 Å². The summed E-state index contributed by atoms with van der Waals surface area (Å²) in [5, 5.41) is 2.59. The fourth-order valence-corrected chi connectivity index (χ4v) is 3.01. The highest BCUT2D eigenvalue weighted by atomic mass is 35.5. The van der Waals surface area contributed by atoms with Crippen molar-refractivity contribution in [1.29, 1.82) is 0 Å². The van der Waals surface area contributed by atoms with Crippen molar-refractivity contribution in [3.8, 4) is 0 Å². The van der Waals surface area contributed by atoms with Crippen molar-refractivity contribution in [2.24, 2.45) is 0 Å². The molecular formula is C18H15Cl2N. The Morgan fingerprint density at radius 2 is 1.67 bits per heavy atom. The van der Waals surface area contributed by atoms with Gasteiger partial charge in [-0.05, 0) is 55.2 Å². The summed E-state index contributed by atoms with van der Waals surface area (Å²) in [5.74, 6) is 0. The standard InChI is InChI=1S/C18H15Cl2N/c1-11-15-4-3-5-17(20)18(15)21-12(2)16(11)10-13-6-8-14(19)9-7-13/h3-9H,10H2,1-2H3. The molecule has 0 fully saturated rings. The van der Waals surface area contributed by atoms with E-state index in [1.54, 1.807) is 0 Å². The van der Waals surface area contributed by atoms with Gasteiger partial charge in [0.2, 0.25) is 0 Å². The van der Waals surface area contributed by atoms with Gasteiger partial charge in [-0.15, -0.1) is 0 Å². The molecule has 3 heteroatoms. The van der Waals surface area contributed by atoms with Gasteiger partial charge in [0, 0.05) is 16.1 Å². The monoisotopic (exact) mass is 315 g/mol. The first-order valence-electron chi connectivity index (χ1n) is 6.85. The molecule has 0 saturated heterocycles. The summed E-state index contributed by atoms with van der Waals surface area (Å²) >= 11 is 12.2. The molecule has 106 valence electrons. The van der Waals surface area contributed by atoms with E-state index in [9.17, 15) is 0 Å². The summed E-state index contributed by atoms with van der Waals surface area (Å²) in [6.45, 7) is 4.18. The van der Waals surface area contributed by atoms with Crippen LogP contribution in [0.3, 0.4) is 0 Å². The molecule has 0 aliphatic rings. The van der Waals surface area contributed by atoms with Crippen LogP contribution in [0.15, 0.2) is 42.5 Å². The number of para-hydroxylation sites is 1. The van der Waals surface area contributed by atoms with Crippen LogP contribution in [0.25, 0.3) is 10.9 Å². The van der Waals surface area contributed by atoms with Gasteiger partial charge < -0.3 is 0 Å². The summed E-state index contributed by atoms with van der Waals surface area (Å²) in [5.41, 5.74) is 5.65. The molecule has 0 spiro atoms. The number of benzene rings is 2. The van der Waals surface area contributed by atoms with Gasteiger partial charge in [-0.1, -0.05) is 47.5 Å². The summed E-state index contributed by atoms with van der Waals surface area (Å²) in [7, 11) is 0. The van der Waals surface area contributed by atoms with Crippen molar-refractivity contribution in [3.05, 3.63) is 74.9 Å². The van der Waals surface area contributed by atoms with E-state index in [4.69, 9.17) is 28.2 Å². The molecule has 3 rings (SSSR count). The zero-order valence-corrected chi connectivity index (χ0v) is 13.5. The molecule has 0 amide bonds. The Hall–Kier alpha value is -1.57. The van der Waals surface area contributed by atoms with Crippen LogP contribution in [0.5, 0.6) is 0 Å². The maximum absolute atomic E-state index is 6.25. The zero-order valence-electron chi connectivity index (χ0n) is 12.0. The van der Waals surface area contributed by atoms with Crippen LogP contribution in [0.2, 0.25) is 10.0 Å². The molecule has 1 heterocycles. The lowest BCUT2D eigenvalue weighted by atomic mass is 9.96. The molecule has 2 aromatic carbocycles. The van der Waals surface area contributed by atoms with Crippen LogP contribution in [0.4, 0.5) is 0 Å². The van der Waals surface area contributed by atoms with Gasteiger partial charge in [-0.25, -0.2) is 0 Å². The number of rotatable bonds is 2. The van der Waals surface area contributed by atoms with Crippen LogP contribution in [-0.2, 0) is 6.42 Å². The largest absolute Gasteiger partial charge is 0.251 e. The number of aryl methyl sites for hydroxylation is 2. The summed E-state index contributed by atoms with van der Waals surface area (Å²) in [6.07, 6.45) is 0.851. The number of hydrogen-bond acceptors (Lipinski definition) is 1. The average molecular weight is 316 g/mol. The Labute approximate surface area is 134 Å². The molecule has 0 radical (unpaired) electrons. The molecule has 1 nitrogen and oxygen atoms in total. The Morgan fingerprint density at radius 1 is 0.952 bits per heavy atom. The van der Waals surface area contributed by atoms with Crippen molar-refractivity contribution in [2.75, 3.05) is 0 Å². The number of halogens is 2. The minimum atomic E-state index is 0.705. The number of hydrogen-bond donors (Lipinski definition) is 0. The van der Waals surface area contributed by atoms with E-state index in [-0.39, 0.29) is 0 Å². The Kier molecular flexibility index (Phi) is 3.88. The zero-order chi connectivity index (χ0) is 15.0. The Morgan fingerprint density at radius 3 is 2.38 bits per heavy atom. The van der Waals surface area contributed by atoms with Gasteiger partial charge in [-0.3, -0.25) is 4.98 Å². The van der Waals surface area contributed by atoms with E-state index in [1.165, 1.54) is 16.7 Å². The SMILES string of the molecule is Cc1nc2c(Cl)cccc2c(C)c1Cc1ccc(Cl)cc1. The topological polar surface area (TPSA) is 12.9 Å². The van der Waals surface area contributed by atoms with E-state index >= 15 is 0 Å². The molecular weight excluding hydrogens is 301 g/mol. The lowest BCUT2D eigenvalue weighted by molar-refractivity contribution is 1.08. The van der Waals surface area contributed by atoms with Crippen molar-refractivity contribution in [3.63, 3.8) is 0 Å². The smallest absolute Gasteiger partial charge is 0.0894 e. The minimum Gasteiger partial charge on any atom is -0.251 e. The molecule has 0 aliphatic heterocycles. The first-order valence-corrected chi connectivity index (χ1v) is 7.60. The number of aromatic nitrogens is 1. The van der Waals surface area contributed by atoms with Crippen LogP contribution in [0.1, 0.15) is 22.4 Å². The Bertz CT molecular complexity index is 808. The van der Waals surface area contributed by atoms with Gasteiger partial charge in [0.1, 0.15) is 0 Å². The third-order valence-corrected chi connectivity index (χ3v) is 4.41. The number of pyridine rings is 1. The highest BCUT2D eigenvalue weighted by molar-refractivity contribution is 6.35. The second-order valence-electron chi connectivity index (χ2n) is 5.24. The fraction of sp³-hybridized carbons (Fsp3) is 0.167. The number of nitrogens with zero attached hydrogens (tertiary/aromatic N) is 1. The lowest BCUT2D eigenvalue weighted by Crippen LogP contribution is -2.00. The van der Waals surface area contributed by atoms with Crippen molar-refractivity contribution >= 4 is 34.1 Å². The third kappa shape index (κ3) is 2.76. The minimum absolute atomic E-state index is 0.705. The van der Waals surface area contributed by atoms with E-state index in [1.807, 2.05) is 31.2 Å². The maximum Gasteiger partial charge on any atom is 0.0894 e. The second kappa shape index (κ2) is 5.67. The van der Waals surface area contributed by atoms with Gasteiger partial charge in [0.25, 0.3) is 0 Å². The quantitative estimate of drug-likeness (QED) is 0.586. The van der Waals surface area contributed by atoms with Crippen LogP contribution >= 0.6 is 23.2 Å². The summed E-state index contributed by atoms with van der Waals surface area (Å²) in [4.78, 5) is 4.69. The van der Waals surface area contributed by atoms with E-state index in [0.717, 1.165) is 28.0 Å². The molecule has 0 atom stereocenters. The maximum atomic E-state index is 6.25. The number of fused-ring (bicyclic) bond motifs is 1. The second-order valence-corrected chi connectivity index (χ2v) is 6.08. The summed E-state index contributed by atoms with van der Waals surface area (Å²) in [6, 6.07) is 13.9. The average Bonchev–Trinajstić information content (AvgIpc) is 2.47. The summed E-state index contributed by atoms with van der Waals surface area (Å²) < 4.78 is 0. The van der Waals surface area contributed by atoms with E-state index in [2.05, 4.69) is 25.1 Å². The van der Waals surface area contributed by atoms with Gasteiger partial charge in [-0.2, -0.15) is 0 Å². The van der Waals surface area contributed by atoms with Crippen LogP contribution < -0.4 is 0 Å². The molecule has 0 N–H and O–H groups in total. The Balaban J connectivity index is 2.12. The molecule has 1 aromatic heterocycles. The normalized spacial score (nSPS) is 11.0. The third-order valence-electron chi connectivity index (χ3n) is 3.85.